The van der Waals surface area contributed by atoms with Crippen LogP contribution in [0.15, 0.2) is 36.4 Å². The van der Waals surface area contributed by atoms with Crippen molar-refractivity contribution in [2.45, 2.75) is 5.88 Å². The Hall–Kier alpha value is -2.69. The third-order valence-electron chi connectivity index (χ3n) is 2.79. The number of alkyl halides is 1. The maximum atomic E-state index is 9.17. The Kier molecular flexibility index (Phi) is 4.66. The smallest absolute Gasteiger partial charge is 0.145 e. The van der Waals surface area contributed by atoms with E-state index >= 15 is 0 Å². The van der Waals surface area contributed by atoms with Gasteiger partial charge >= 0.3 is 0 Å². The summed E-state index contributed by atoms with van der Waals surface area (Å²) in [6, 6.07) is 14.1. The summed E-state index contributed by atoms with van der Waals surface area (Å²) in [6.45, 7) is 0. The molecular weight excluding hydrogens is 288 g/mol. The maximum Gasteiger partial charge on any atom is 0.145 e. The van der Waals surface area contributed by atoms with Gasteiger partial charge in [-0.05, 0) is 29.8 Å². The number of ether oxygens (including phenoxy) is 2. The molecule has 0 fully saturated rings. The van der Waals surface area contributed by atoms with Crippen LogP contribution < -0.4 is 9.47 Å². The number of hydrogen-bond acceptors (Lipinski definition) is 4. The van der Waals surface area contributed by atoms with Crippen molar-refractivity contribution in [1.29, 1.82) is 10.5 Å². The lowest BCUT2D eigenvalue weighted by molar-refractivity contribution is 0.408. The van der Waals surface area contributed by atoms with E-state index in [2.05, 4.69) is 6.07 Å². The molecule has 2 rings (SSSR count). The molecule has 0 aliphatic carbocycles. The first-order chi connectivity index (χ1) is 10.2. The largest absolute Gasteiger partial charge is 0.497 e. The fraction of sp³-hybridized carbons (Fsp3) is 0.125. The van der Waals surface area contributed by atoms with E-state index in [1.54, 1.807) is 36.4 Å². The standard InChI is InChI=1S/C16H11ClN2O2/c1-20-14-5-12(9-18)6-15(7-14)21-16-3-2-11(8-17)4-13(16)10-19/h2-7H,8H2,1H3. The third kappa shape index (κ3) is 3.45. The molecule has 0 N–H and O–H groups in total. The molecule has 2 aromatic rings. The summed E-state index contributed by atoms with van der Waals surface area (Å²) in [6.07, 6.45) is 0. The minimum atomic E-state index is 0.326. The Balaban J connectivity index is 2.39. The van der Waals surface area contributed by atoms with Crippen LogP contribution in [-0.2, 0) is 5.88 Å². The molecule has 104 valence electrons. The van der Waals surface area contributed by atoms with Gasteiger partial charge < -0.3 is 9.47 Å². The molecule has 0 aliphatic heterocycles. The number of nitrogens with zero attached hydrogens (tertiary/aromatic N) is 2. The fourth-order valence-corrected chi connectivity index (χ4v) is 1.94. The molecule has 2 aromatic carbocycles. The summed E-state index contributed by atoms with van der Waals surface area (Å²) in [5.74, 6) is 1.68. The second kappa shape index (κ2) is 6.65. The highest BCUT2D eigenvalue weighted by Crippen LogP contribution is 2.30. The Morgan fingerprint density at radius 2 is 1.81 bits per heavy atom. The minimum Gasteiger partial charge on any atom is -0.497 e. The Morgan fingerprint density at radius 3 is 2.43 bits per heavy atom. The molecule has 0 atom stereocenters. The van der Waals surface area contributed by atoms with E-state index in [0.717, 1.165) is 5.56 Å². The van der Waals surface area contributed by atoms with Crippen LogP contribution in [0, 0.1) is 22.7 Å². The monoisotopic (exact) mass is 298 g/mol. The molecule has 0 saturated heterocycles. The summed E-state index contributed by atoms with van der Waals surface area (Å²) in [4.78, 5) is 0. The highest BCUT2D eigenvalue weighted by atomic mass is 35.5. The lowest BCUT2D eigenvalue weighted by atomic mass is 10.1. The van der Waals surface area contributed by atoms with Gasteiger partial charge in [0.2, 0.25) is 0 Å². The summed E-state index contributed by atoms with van der Waals surface area (Å²) < 4.78 is 10.8. The molecule has 0 aliphatic rings. The maximum absolute atomic E-state index is 9.17. The Labute approximate surface area is 127 Å². The van der Waals surface area contributed by atoms with Crippen LogP contribution in [0.2, 0.25) is 0 Å². The van der Waals surface area contributed by atoms with Crippen molar-refractivity contribution >= 4 is 11.6 Å². The molecule has 5 heteroatoms. The van der Waals surface area contributed by atoms with Gasteiger partial charge in [-0.1, -0.05) is 6.07 Å². The number of methoxy groups -OCH3 is 1. The molecule has 0 aromatic heterocycles. The highest BCUT2D eigenvalue weighted by molar-refractivity contribution is 6.17. The number of nitriles is 2. The molecule has 0 heterocycles. The van der Waals surface area contributed by atoms with Crippen LogP contribution in [0.25, 0.3) is 0 Å². The van der Waals surface area contributed by atoms with E-state index in [9.17, 15) is 0 Å². The molecule has 0 saturated carbocycles. The van der Waals surface area contributed by atoms with E-state index in [1.807, 2.05) is 6.07 Å². The predicted molar refractivity (Wildman–Crippen MR) is 78.5 cm³/mol. The molecule has 0 amide bonds. The van der Waals surface area contributed by atoms with E-state index < -0.39 is 0 Å². The van der Waals surface area contributed by atoms with Crippen molar-refractivity contribution in [1.82, 2.24) is 0 Å². The SMILES string of the molecule is COc1cc(C#N)cc(Oc2ccc(CCl)cc2C#N)c1. The number of rotatable bonds is 4. The Bertz CT molecular complexity index is 745. The van der Waals surface area contributed by atoms with Crippen molar-refractivity contribution in [3.05, 3.63) is 53.1 Å². The number of hydrogen-bond donors (Lipinski definition) is 0. The van der Waals surface area contributed by atoms with Gasteiger partial charge in [-0.3, -0.25) is 0 Å². The molecular formula is C16H11ClN2O2. The third-order valence-corrected chi connectivity index (χ3v) is 3.10. The van der Waals surface area contributed by atoms with Gasteiger partial charge in [0.25, 0.3) is 0 Å². The van der Waals surface area contributed by atoms with Crippen molar-refractivity contribution < 1.29 is 9.47 Å². The quantitative estimate of drug-likeness (QED) is 0.801. The minimum absolute atomic E-state index is 0.326. The Morgan fingerprint density at radius 1 is 1.05 bits per heavy atom. The van der Waals surface area contributed by atoms with Crippen LogP contribution in [0.1, 0.15) is 16.7 Å². The first-order valence-electron chi connectivity index (χ1n) is 6.06. The van der Waals surface area contributed by atoms with Crippen LogP contribution in [-0.4, -0.2) is 7.11 Å². The van der Waals surface area contributed by atoms with Gasteiger partial charge in [0.15, 0.2) is 0 Å². The predicted octanol–water partition coefficient (Wildman–Crippen LogP) is 3.97. The van der Waals surface area contributed by atoms with Gasteiger partial charge in [-0.25, -0.2) is 0 Å². The van der Waals surface area contributed by atoms with Crippen molar-refractivity contribution in [3.63, 3.8) is 0 Å². The topological polar surface area (TPSA) is 66.0 Å². The molecule has 4 nitrogen and oxygen atoms in total. The van der Waals surface area contributed by atoms with Crippen molar-refractivity contribution in [2.24, 2.45) is 0 Å². The second-order valence-electron chi connectivity index (χ2n) is 4.19. The summed E-state index contributed by atoms with van der Waals surface area (Å²) in [5, 5.41) is 18.2. The second-order valence-corrected chi connectivity index (χ2v) is 4.45. The van der Waals surface area contributed by atoms with E-state index in [-0.39, 0.29) is 0 Å². The average Bonchev–Trinajstić information content (AvgIpc) is 2.54. The number of halogens is 1. The summed E-state index contributed by atoms with van der Waals surface area (Å²) in [7, 11) is 1.51. The lowest BCUT2D eigenvalue weighted by Crippen LogP contribution is -1.92. The number of benzene rings is 2. The average molecular weight is 299 g/mol. The summed E-state index contributed by atoms with van der Waals surface area (Å²) >= 11 is 5.74. The van der Waals surface area contributed by atoms with Crippen LogP contribution >= 0.6 is 11.6 Å². The zero-order chi connectivity index (χ0) is 15.2. The zero-order valence-electron chi connectivity index (χ0n) is 11.3. The van der Waals surface area contributed by atoms with Gasteiger partial charge in [-0.2, -0.15) is 10.5 Å². The molecule has 0 bridgehead atoms. The normalized spacial score (nSPS) is 9.52. The van der Waals surface area contributed by atoms with E-state index in [1.165, 1.54) is 7.11 Å². The molecule has 0 radical (unpaired) electrons. The van der Waals surface area contributed by atoms with Gasteiger partial charge in [0, 0.05) is 11.9 Å². The van der Waals surface area contributed by atoms with Gasteiger partial charge in [0.05, 0.1) is 24.3 Å². The van der Waals surface area contributed by atoms with Crippen molar-refractivity contribution in [3.8, 4) is 29.4 Å². The first kappa shape index (κ1) is 14.7. The first-order valence-corrected chi connectivity index (χ1v) is 6.59. The van der Waals surface area contributed by atoms with Crippen LogP contribution in [0.4, 0.5) is 0 Å². The van der Waals surface area contributed by atoms with E-state index in [0.29, 0.717) is 34.3 Å². The summed E-state index contributed by atoms with van der Waals surface area (Å²) in [5.41, 5.74) is 1.64. The molecule has 0 spiro atoms. The van der Waals surface area contributed by atoms with Gasteiger partial charge in [0.1, 0.15) is 23.3 Å². The van der Waals surface area contributed by atoms with Crippen LogP contribution in [0.3, 0.4) is 0 Å². The van der Waals surface area contributed by atoms with Crippen LogP contribution in [0.5, 0.6) is 17.2 Å². The molecule has 21 heavy (non-hydrogen) atoms. The molecule has 0 unspecified atom stereocenters. The zero-order valence-corrected chi connectivity index (χ0v) is 12.0. The highest BCUT2D eigenvalue weighted by Gasteiger charge is 2.08. The van der Waals surface area contributed by atoms with E-state index in [4.69, 9.17) is 31.6 Å². The lowest BCUT2D eigenvalue weighted by Gasteiger charge is -2.10. The fourth-order valence-electron chi connectivity index (χ4n) is 1.78. The van der Waals surface area contributed by atoms with Gasteiger partial charge in [-0.15, -0.1) is 11.6 Å². The van der Waals surface area contributed by atoms with Crippen molar-refractivity contribution in [2.75, 3.05) is 7.11 Å².